The molecule has 0 bridgehead atoms. The summed E-state index contributed by atoms with van der Waals surface area (Å²) in [4.78, 5) is 11.8. The van der Waals surface area contributed by atoms with E-state index >= 15 is 0 Å². The minimum Gasteiger partial charge on any atom is -0.388 e. The largest absolute Gasteiger partial charge is 0.388 e. The van der Waals surface area contributed by atoms with Crippen LogP contribution in [-0.2, 0) is 0 Å². The van der Waals surface area contributed by atoms with E-state index in [0.717, 1.165) is 0 Å². The molecule has 1 rings (SSSR count). The van der Waals surface area contributed by atoms with Gasteiger partial charge in [0.15, 0.2) is 0 Å². The zero-order valence-corrected chi connectivity index (χ0v) is 9.98. The van der Waals surface area contributed by atoms with Crippen LogP contribution in [0.5, 0.6) is 0 Å². The molecule has 1 aromatic heterocycles. The van der Waals surface area contributed by atoms with Crippen LogP contribution in [0.25, 0.3) is 0 Å². The van der Waals surface area contributed by atoms with Crippen LogP contribution in [-0.4, -0.2) is 32.4 Å². The first-order chi connectivity index (χ1) is 7.24. The number of carbonyl (C=O) groups excluding carboxylic acids is 1. The van der Waals surface area contributed by atoms with Crippen LogP contribution >= 0.6 is 0 Å². The third-order valence-corrected chi connectivity index (χ3v) is 2.80. The molecule has 2 N–H and O–H groups in total. The highest BCUT2D eigenvalue weighted by Crippen LogP contribution is 2.20. The molecule has 0 saturated heterocycles. The fourth-order valence-corrected chi connectivity index (χ4v) is 0.934. The fraction of sp³-hybridized carbons (Fsp3) is 0.545. The lowest BCUT2D eigenvalue weighted by atomic mass is 9.86. The number of hydrogen-bond donors (Lipinski definition) is 2. The number of amides is 1. The van der Waals surface area contributed by atoms with Gasteiger partial charge in [-0.3, -0.25) is 4.79 Å². The molecule has 16 heavy (non-hydrogen) atoms. The predicted octanol–water partition coefficient (Wildman–Crippen LogP) is 0.756. The molecule has 0 atom stereocenters. The molecular weight excluding hydrogens is 206 g/mol. The van der Waals surface area contributed by atoms with E-state index in [9.17, 15) is 9.90 Å². The van der Waals surface area contributed by atoms with Gasteiger partial charge in [0.05, 0.1) is 29.1 Å². The Morgan fingerprint density at radius 3 is 2.38 bits per heavy atom. The molecule has 0 unspecified atom stereocenters. The van der Waals surface area contributed by atoms with Crippen molar-refractivity contribution in [2.24, 2.45) is 0 Å². The van der Waals surface area contributed by atoms with Gasteiger partial charge < -0.3 is 10.4 Å². The van der Waals surface area contributed by atoms with E-state index in [1.165, 1.54) is 12.4 Å². The Kier molecular flexibility index (Phi) is 3.28. The summed E-state index contributed by atoms with van der Waals surface area (Å²) in [6.45, 7) is 6.83. The Bertz CT molecular complexity index is 369. The van der Waals surface area contributed by atoms with Crippen molar-refractivity contribution in [3.63, 3.8) is 0 Å². The lowest BCUT2D eigenvalue weighted by Gasteiger charge is -2.37. The van der Waals surface area contributed by atoms with Crippen LogP contribution in [0.4, 0.5) is 0 Å². The van der Waals surface area contributed by atoms with Crippen molar-refractivity contribution in [1.29, 1.82) is 0 Å². The number of nitrogens with one attached hydrogen (secondary N) is 1. The summed E-state index contributed by atoms with van der Waals surface area (Å²) in [5.41, 5.74) is -1.32. The van der Waals surface area contributed by atoms with Crippen LogP contribution in [0.1, 0.15) is 38.1 Å². The van der Waals surface area contributed by atoms with Crippen LogP contribution < -0.4 is 5.32 Å². The molecule has 0 aliphatic heterocycles. The van der Waals surface area contributed by atoms with Crippen LogP contribution in [0.3, 0.4) is 0 Å². The Labute approximate surface area is 94.9 Å². The molecule has 0 spiro atoms. The normalized spacial score (nSPS) is 12.3. The van der Waals surface area contributed by atoms with Crippen molar-refractivity contribution in [3.05, 3.63) is 24.0 Å². The second-order valence-corrected chi connectivity index (χ2v) is 4.77. The van der Waals surface area contributed by atoms with E-state index in [2.05, 4.69) is 15.5 Å². The summed E-state index contributed by atoms with van der Waals surface area (Å²) in [5.74, 6) is -0.276. The molecule has 5 nitrogen and oxygen atoms in total. The Hall–Kier alpha value is -1.49. The second-order valence-electron chi connectivity index (χ2n) is 4.77. The summed E-state index contributed by atoms with van der Waals surface area (Å²) in [7, 11) is 0. The van der Waals surface area contributed by atoms with Gasteiger partial charge in [-0.05, 0) is 33.8 Å². The van der Waals surface area contributed by atoms with Gasteiger partial charge in [-0.1, -0.05) is 0 Å². The molecule has 1 amide bonds. The minimum absolute atomic E-state index is 0.276. The lowest BCUT2D eigenvalue weighted by Crippen LogP contribution is -2.57. The maximum absolute atomic E-state index is 11.8. The average Bonchev–Trinajstić information content (AvgIpc) is 2.16. The molecule has 88 valence electrons. The quantitative estimate of drug-likeness (QED) is 0.793. The highest BCUT2D eigenvalue weighted by Gasteiger charge is 2.36. The van der Waals surface area contributed by atoms with Crippen molar-refractivity contribution in [2.75, 3.05) is 0 Å². The van der Waals surface area contributed by atoms with Gasteiger partial charge in [0.2, 0.25) is 0 Å². The summed E-state index contributed by atoms with van der Waals surface area (Å²) < 4.78 is 0. The SMILES string of the molecule is CC(C)(O)C(C)(C)NC(=O)c1ccnnc1. The zero-order chi connectivity index (χ0) is 12.4. The molecule has 0 aliphatic carbocycles. The van der Waals surface area contributed by atoms with Crippen molar-refractivity contribution in [2.45, 2.75) is 38.8 Å². The van der Waals surface area contributed by atoms with Gasteiger partial charge in [0, 0.05) is 0 Å². The molecule has 0 fully saturated rings. The monoisotopic (exact) mass is 223 g/mol. The number of hydrogen-bond acceptors (Lipinski definition) is 4. The van der Waals surface area contributed by atoms with Gasteiger partial charge in [-0.15, -0.1) is 0 Å². The van der Waals surface area contributed by atoms with E-state index in [4.69, 9.17) is 0 Å². The first-order valence-electron chi connectivity index (χ1n) is 5.05. The maximum Gasteiger partial charge on any atom is 0.253 e. The number of rotatable bonds is 3. The standard InChI is InChI=1S/C11H17N3O2/c1-10(2,11(3,4)16)14-9(15)8-5-6-12-13-7-8/h5-7,16H,1-4H3,(H,14,15). The lowest BCUT2D eigenvalue weighted by molar-refractivity contribution is -0.00293. The van der Waals surface area contributed by atoms with Crippen molar-refractivity contribution < 1.29 is 9.90 Å². The van der Waals surface area contributed by atoms with Gasteiger partial charge in [0.25, 0.3) is 5.91 Å². The Morgan fingerprint density at radius 1 is 1.31 bits per heavy atom. The molecule has 0 aliphatic rings. The molecule has 1 heterocycles. The van der Waals surface area contributed by atoms with Crippen LogP contribution in [0.15, 0.2) is 18.5 Å². The van der Waals surface area contributed by atoms with Crippen molar-refractivity contribution >= 4 is 5.91 Å². The highest BCUT2D eigenvalue weighted by molar-refractivity contribution is 5.94. The number of carbonyl (C=O) groups is 1. The Morgan fingerprint density at radius 2 is 1.94 bits per heavy atom. The fourth-order valence-electron chi connectivity index (χ4n) is 0.934. The second kappa shape index (κ2) is 4.17. The average molecular weight is 223 g/mol. The summed E-state index contributed by atoms with van der Waals surface area (Å²) in [6.07, 6.45) is 2.84. The maximum atomic E-state index is 11.8. The molecule has 5 heteroatoms. The van der Waals surface area contributed by atoms with Crippen LogP contribution in [0.2, 0.25) is 0 Å². The van der Waals surface area contributed by atoms with E-state index in [1.807, 2.05) is 0 Å². The third kappa shape index (κ3) is 2.76. The number of aliphatic hydroxyl groups is 1. The summed E-state index contributed by atoms with van der Waals surface area (Å²) in [6, 6.07) is 1.57. The van der Waals surface area contributed by atoms with Crippen molar-refractivity contribution in [1.82, 2.24) is 15.5 Å². The third-order valence-electron chi connectivity index (χ3n) is 2.80. The van der Waals surface area contributed by atoms with E-state index in [0.29, 0.717) is 5.56 Å². The highest BCUT2D eigenvalue weighted by atomic mass is 16.3. The van der Waals surface area contributed by atoms with Gasteiger partial charge in [0.1, 0.15) is 0 Å². The number of aromatic nitrogens is 2. The first-order valence-corrected chi connectivity index (χ1v) is 5.05. The Balaban J connectivity index is 2.80. The summed E-state index contributed by atoms with van der Waals surface area (Å²) >= 11 is 0. The van der Waals surface area contributed by atoms with Gasteiger partial charge >= 0.3 is 0 Å². The van der Waals surface area contributed by atoms with E-state index in [1.54, 1.807) is 33.8 Å². The molecule has 0 aromatic carbocycles. The van der Waals surface area contributed by atoms with Gasteiger partial charge in [-0.2, -0.15) is 10.2 Å². The molecule has 0 saturated carbocycles. The van der Waals surface area contributed by atoms with E-state index < -0.39 is 11.1 Å². The van der Waals surface area contributed by atoms with E-state index in [-0.39, 0.29) is 5.91 Å². The van der Waals surface area contributed by atoms with Crippen molar-refractivity contribution in [3.8, 4) is 0 Å². The molecule has 0 radical (unpaired) electrons. The first kappa shape index (κ1) is 12.6. The smallest absolute Gasteiger partial charge is 0.253 e. The predicted molar refractivity (Wildman–Crippen MR) is 59.9 cm³/mol. The number of nitrogens with zero attached hydrogens (tertiary/aromatic N) is 2. The molecule has 1 aromatic rings. The summed E-state index contributed by atoms with van der Waals surface area (Å²) in [5, 5.41) is 19.9. The molecular formula is C11H17N3O2. The topological polar surface area (TPSA) is 75.1 Å². The zero-order valence-electron chi connectivity index (χ0n) is 9.98. The minimum atomic E-state index is -1.01. The van der Waals surface area contributed by atoms with Crippen LogP contribution in [0, 0.1) is 0 Å². The van der Waals surface area contributed by atoms with Gasteiger partial charge in [-0.25, -0.2) is 0 Å².